The molecule has 1 fully saturated rings. The van der Waals surface area contributed by atoms with Gasteiger partial charge in [0.1, 0.15) is 12.4 Å². The van der Waals surface area contributed by atoms with Crippen LogP contribution in [0.1, 0.15) is 30.1 Å². The van der Waals surface area contributed by atoms with E-state index < -0.39 is 27.0 Å². The smallest absolute Gasteiger partial charge is 0.322 e. The molecule has 1 atom stereocenters. The van der Waals surface area contributed by atoms with Crippen molar-refractivity contribution in [2.24, 2.45) is 5.92 Å². The Morgan fingerprint density at radius 2 is 1.72 bits per heavy atom. The summed E-state index contributed by atoms with van der Waals surface area (Å²) < 4.78 is 31.7. The van der Waals surface area contributed by atoms with Gasteiger partial charge in [0, 0.05) is 18.7 Å². The molecule has 1 aliphatic rings. The molecule has 7 nitrogen and oxygen atoms in total. The van der Waals surface area contributed by atoms with E-state index in [0.717, 1.165) is 0 Å². The van der Waals surface area contributed by atoms with Crippen LogP contribution in [0.2, 0.25) is 0 Å². The number of aliphatic carboxylic acids is 1. The van der Waals surface area contributed by atoms with Crippen molar-refractivity contribution >= 4 is 21.7 Å². The molecule has 168 valence electrons. The predicted molar refractivity (Wildman–Crippen MR) is 119 cm³/mol. The molecule has 1 amide bonds. The second-order valence-corrected chi connectivity index (χ2v) is 9.56. The van der Waals surface area contributed by atoms with Gasteiger partial charge in [-0.15, -0.1) is 5.92 Å². The van der Waals surface area contributed by atoms with E-state index in [-0.39, 0.29) is 17.4 Å². The fourth-order valence-electron chi connectivity index (χ4n) is 3.82. The Hall–Kier alpha value is -3.31. The lowest BCUT2D eigenvalue weighted by molar-refractivity contribution is -0.137. The second kappa shape index (κ2) is 10.3. The summed E-state index contributed by atoms with van der Waals surface area (Å²) in [6.45, 7) is 2.49. The molecule has 0 radical (unpaired) electrons. The number of benzene rings is 2. The number of likely N-dealkylation sites (tertiary alicyclic amines) is 1. The third kappa shape index (κ3) is 5.29. The lowest BCUT2D eigenvalue weighted by Gasteiger charge is -2.34. The molecule has 0 spiro atoms. The number of sulfone groups is 1. The number of carboxylic acids is 1. The van der Waals surface area contributed by atoms with Crippen molar-refractivity contribution < 1.29 is 27.9 Å². The minimum absolute atomic E-state index is 0.0679. The van der Waals surface area contributed by atoms with Gasteiger partial charge in [-0.1, -0.05) is 24.1 Å². The molecule has 2 aromatic carbocycles. The van der Waals surface area contributed by atoms with Gasteiger partial charge in [0.2, 0.25) is 0 Å². The Kier molecular flexibility index (Phi) is 7.54. The minimum Gasteiger partial charge on any atom is -0.481 e. The van der Waals surface area contributed by atoms with Crippen molar-refractivity contribution in [3.8, 4) is 17.6 Å². The molecule has 1 aliphatic heterocycles. The normalized spacial score (nSPS) is 15.3. The first-order valence-corrected chi connectivity index (χ1v) is 11.8. The summed E-state index contributed by atoms with van der Waals surface area (Å²) >= 11 is 0. The molecular formula is C24H25NO6S. The Bertz CT molecular complexity index is 1110. The van der Waals surface area contributed by atoms with Gasteiger partial charge in [0.25, 0.3) is 5.91 Å². The Labute approximate surface area is 187 Å². The first-order valence-electron chi connectivity index (χ1n) is 10.3. The predicted octanol–water partition coefficient (Wildman–Crippen LogP) is 2.87. The topological polar surface area (TPSA) is 101 Å². The molecule has 0 bridgehead atoms. The summed E-state index contributed by atoms with van der Waals surface area (Å²) in [5.74, 6) is 3.78. The highest BCUT2D eigenvalue weighted by Gasteiger charge is 2.42. The van der Waals surface area contributed by atoms with Crippen LogP contribution >= 0.6 is 0 Å². The molecule has 8 heteroatoms. The van der Waals surface area contributed by atoms with Gasteiger partial charge in [-0.25, -0.2) is 8.42 Å². The van der Waals surface area contributed by atoms with E-state index in [1.54, 1.807) is 36.1 Å². The monoisotopic (exact) mass is 455 g/mol. The maximum absolute atomic E-state index is 13.2. The molecule has 1 saturated heterocycles. The number of rotatable bonds is 7. The molecule has 1 unspecified atom stereocenters. The van der Waals surface area contributed by atoms with Crippen LogP contribution in [0.4, 0.5) is 0 Å². The molecule has 2 aromatic rings. The van der Waals surface area contributed by atoms with Crippen LogP contribution in [0.3, 0.4) is 0 Å². The van der Waals surface area contributed by atoms with Crippen molar-refractivity contribution in [2.75, 3.05) is 19.7 Å². The van der Waals surface area contributed by atoms with Crippen LogP contribution in [0.25, 0.3) is 0 Å². The summed E-state index contributed by atoms with van der Waals surface area (Å²) in [7, 11) is -4.12. The van der Waals surface area contributed by atoms with Crippen LogP contribution in [0, 0.1) is 17.8 Å². The van der Waals surface area contributed by atoms with E-state index in [4.69, 9.17) is 4.74 Å². The minimum atomic E-state index is -4.12. The lowest BCUT2D eigenvalue weighted by atomic mass is 9.92. The van der Waals surface area contributed by atoms with Crippen LogP contribution in [-0.2, 0) is 14.6 Å². The zero-order valence-corrected chi connectivity index (χ0v) is 18.5. The number of ether oxygens (including phenoxy) is 1. The number of amides is 1. The third-order valence-electron chi connectivity index (χ3n) is 5.49. The number of carboxylic acid groups (broad SMARTS) is 1. The quantitative estimate of drug-likeness (QED) is 0.645. The first kappa shape index (κ1) is 23.4. The highest BCUT2D eigenvalue weighted by Crippen LogP contribution is 2.30. The van der Waals surface area contributed by atoms with Crippen molar-refractivity contribution in [1.29, 1.82) is 0 Å². The van der Waals surface area contributed by atoms with Gasteiger partial charge in [-0.05, 0) is 62.1 Å². The van der Waals surface area contributed by atoms with Gasteiger partial charge in [-0.2, -0.15) is 0 Å². The zero-order valence-electron chi connectivity index (χ0n) is 17.7. The lowest BCUT2D eigenvalue weighted by Crippen LogP contribution is -2.45. The fraction of sp³-hybridized carbons (Fsp3) is 0.333. The molecule has 32 heavy (non-hydrogen) atoms. The van der Waals surface area contributed by atoms with E-state index in [2.05, 4.69) is 11.8 Å². The zero-order chi connectivity index (χ0) is 23.1. The summed E-state index contributed by atoms with van der Waals surface area (Å²) in [6.07, 6.45) is 0.595. The number of nitrogens with zero attached hydrogens (tertiary/aromatic N) is 1. The maximum atomic E-state index is 13.2. The SMILES string of the molecule is CC#CCOc1ccc(S(=O)(=O)C(C(=O)O)C2CCN(C(=O)c3ccccc3)CC2)cc1. The standard InChI is InChI=1S/C24H25NO6S/c1-2-3-17-31-20-9-11-21(12-10-20)32(29,30)22(24(27)28)18-13-15-25(16-14-18)23(26)19-7-5-4-6-8-19/h4-12,18,22H,13-17H2,1H3,(H,27,28). The Balaban J connectivity index is 1.71. The van der Waals surface area contributed by atoms with Crippen molar-refractivity contribution in [3.05, 3.63) is 60.2 Å². The van der Waals surface area contributed by atoms with Crippen LogP contribution in [-0.4, -0.2) is 55.2 Å². The Morgan fingerprint density at radius 3 is 2.28 bits per heavy atom. The summed E-state index contributed by atoms with van der Waals surface area (Å²) in [4.78, 5) is 26.2. The highest BCUT2D eigenvalue weighted by molar-refractivity contribution is 7.92. The highest BCUT2D eigenvalue weighted by atomic mass is 32.2. The van der Waals surface area contributed by atoms with Crippen LogP contribution in [0.15, 0.2) is 59.5 Å². The second-order valence-electron chi connectivity index (χ2n) is 7.49. The van der Waals surface area contributed by atoms with E-state index in [0.29, 0.717) is 37.2 Å². The maximum Gasteiger partial charge on any atom is 0.322 e. The number of carbonyl (C=O) groups is 2. The first-order chi connectivity index (χ1) is 15.3. The van der Waals surface area contributed by atoms with Gasteiger partial charge in [0.15, 0.2) is 15.1 Å². The summed E-state index contributed by atoms with van der Waals surface area (Å²) in [5.41, 5.74) is 0.556. The van der Waals surface area contributed by atoms with Gasteiger partial charge < -0.3 is 14.7 Å². The molecule has 3 rings (SSSR count). The van der Waals surface area contributed by atoms with Gasteiger partial charge >= 0.3 is 5.97 Å². The Morgan fingerprint density at radius 1 is 1.09 bits per heavy atom. The van der Waals surface area contributed by atoms with E-state index in [1.807, 2.05) is 6.07 Å². The molecular weight excluding hydrogens is 430 g/mol. The molecule has 1 heterocycles. The average Bonchev–Trinajstić information content (AvgIpc) is 2.80. The van der Waals surface area contributed by atoms with Crippen molar-refractivity contribution in [3.63, 3.8) is 0 Å². The summed E-state index contributed by atoms with van der Waals surface area (Å²) in [5, 5.41) is 8.20. The number of hydrogen-bond donors (Lipinski definition) is 1. The molecule has 0 aliphatic carbocycles. The van der Waals surface area contributed by atoms with Crippen LogP contribution in [0.5, 0.6) is 5.75 Å². The largest absolute Gasteiger partial charge is 0.481 e. The number of hydrogen-bond acceptors (Lipinski definition) is 5. The third-order valence-corrected chi connectivity index (χ3v) is 7.68. The summed E-state index contributed by atoms with van der Waals surface area (Å²) in [6, 6.07) is 14.5. The number of carbonyl (C=O) groups excluding carboxylic acids is 1. The van der Waals surface area contributed by atoms with Gasteiger partial charge in [0.05, 0.1) is 4.90 Å². The molecule has 1 N–H and O–H groups in total. The number of piperidine rings is 1. The van der Waals surface area contributed by atoms with Crippen molar-refractivity contribution in [2.45, 2.75) is 29.9 Å². The van der Waals surface area contributed by atoms with Gasteiger partial charge in [-0.3, -0.25) is 9.59 Å². The van der Waals surface area contributed by atoms with E-state index in [9.17, 15) is 23.1 Å². The molecule has 0 aromatic heterocycles. The van der Waals surface area contributed by atoms with E-state index >= 15 is 0 Å². The van der Waals surface area contributed by atoms with Crippen LogP contribution < -0.4 is 4.74 Å². The molecule has 0 saturated carbocycles. The fourth-order valence-corrected chi connectivity index (χ4v) is 5.67. The average molecular weight is 456 g/mol. The van der Waals surface area contributed by atoms with E-state index in [1.165, 1.54) is 24.3 Å². The van der Waals surface area contributed by atoms with Crippen molar-refractivity contribution in [1.82, 2.24) is 4.90 Å².